The third kappa shape index (κ3) is 2.66. The highest BCUT2D eigenvalue weighted by molar-refractivity contribution is 5.99. The topological polar surface area (TPSA) is 34.0 Å². The van der Waals surface area contributed by atoms with Crippen LogP contribution in [0.15, 0.2) is 6.07 Å². The Bertz CT molecular complexity index is 444. The second-order valence-corrected chi connectivity index (χ2v) is 5.50. The van der Waals surface area contributed by atoms with Crippen molar-refractivity contribution in [1.29, 1.82) is 0 Å². The van der Waals surface area contributed by atoms with Gasteiger partial charge in [-0.15, -0.1) is 0 Å². The van der Waals surface area contributed by atoms with Crippen LogP contribution in [0.25, 0.3) is 0 Å². The molecule has 1 aliphatic rings. The molecule has 0 amide bonds. The van der Waals surface area contributed by atoms with Crippen molar-refractivity contribution in [3.8, 4) is 0 Å². The van der Waals surface area contributed by atoms with E-state index < -0.39 is 0 Å². The average molecular weight is 248 g/mol. The molecule has 3 heteroatoms. The summed E-state index contributed by atoms with van der Waals surface area (Å²) in [5.41, 5.74) is 3.27. The number of rotatable bonds is 6. The molecule has 1 saturated carbocycles. The third-order valence-electron chi connectivity index (χ3n) is 3.92. The predicted molar refractivity (Wildman–Crippen MR) is 74.3 cm³/mol. The maximum absolute atomic E-state index is 12.2. The Labute approximate surface area is 110 Å². The maximum atomic E-state index is 12.2. The zero-order valence-corrected chi connectivity index (χ0v) is 11.9. The van der Waals surface area contributed by atoms with E-state index in [1.54, 1.807) is 0 Å². The second-order valence-electron chi connectivity index (χ2n) is 5.50. The number of Topliss-reactive ketones (excluding diaryl/α,β-unsaturated/α-hetero) is 1. The molecule has 1 fully saturated rings. The van der Waals surface area contributed by atoms with Gasteiger partial charge in [0.25, 0.3) is 0 Å². The van der Waals surface area contributed by atoms with Crippen LogP contribution >= 0.6 is 0 Å². The van der Waals surface area contributed by atoms with Crippen molar-refractivity contribution < 1.29 is 4.79 Å². The van der Waals surface area contributed by atoms with E-state index in [9.17, 15) is 4.79 Å². The predicted octanol–water partition coefficient (Wildman–Crippen LogP) is 3.01. The van der Waals surface area contributed by atoms with E-state index in [0.29, 0.717) is 18.6 Å². The van der Waals surface area contributed by atoms with Gasteiger partial charge in [0.05, 0.1) is 6.54 Å². The van der Waals surface area contributed by atoms with E-state index in [1.165, 1.54) is 18.5 Å². The minimum Gasteiger partial charge on any atom is -0.345 e. The first kappa shape index (κ1) is 13.3. The van der Waals surface area contributed by atoms with Crippen LogP contribution in [0.4, 0.5) is 0 Å². The highest BCUT2D eigenvalue weighted by Gasteiger charge is 2.28. The number of carbonyl (C=O) groups is 1. The van der Waals surface area contributed by atoms with Gasteiger partial charge in [-0.2, -0.15) is 0 Å². The first-order valence-corrected chi connectivity index (χ1v) is 6.99. The number of aryl methyl sites for hydroxylation is 1. The number of carbonyl (C=O) groups excluding carboxylic acids is 1. The van der Waals surface area contributed by atoms with Crippen molar-refractivity contribution in [3.63, 3.8) is 0 Å². The zero-order chi connectivity index (χ0) is 13.3. The largest absolute Gasteiger partial charge is 0.345 e. The van der Waals surface area contributed by atoms with Gasteiger partial charge in [-0.05, 0) is 46.1 Å². The van der Waals surface area contributed by atoms with E-state index in [2.05, 4.69) is 37.6 Å². The number of hydrogen-bond donors (Lipinski definition) is 1. The summed E-state index contributed by atoms with van der Waals surface area (Å²) in [7, 11) is 0. The van der Waals surface area contributed by atoms with Gasteiger partial charge in [0.1, 0.15) is 0 Å². The van der Waals surface area contributed by atoms with Crippen LogP contribution in [0.3, 0.4) is 0 Å². The molecule has 0 aromatic carbocycles. The number of hydrogen-bond acceptors (Lipinski definition) is 2. The number of aromatic nitrogens is 1. The molecule has 18 heavy (non-hydrogen) atoms. The van der Waals surface area contributed by atoms with Gasteiger partial charge in [0, 0.05) is 29.0 Å². The summed E-state index contributed by atoms with van der Waals surface area (Å²) in [6.07, 6.45) is 3.57. The summed E-state index contributed by atoms with van der Waals surface area (Å²) in [6.45, 7) is 8.86. The Morgan fingerprint density at radius 2 is 2.17 bits per heavy atom. The molecule has 0 spiro atoms. The molecule has 1 atom stereocenters. The molecule has 0 aliphatic heterocycles. The summed E-state index contributed by atoms with van der Waals surface area (Å²) in [6, 6.07) is 3.10. The van der Waals surface area contributed by atoms with E-state index in [1.807, 2.05) is 6.07 Å². The minimum atomic E-state index is 0.218. The Morgan fingerprint density at radius 3 is 2.72 bits per heavy atom. The fourth-order valence-electron chi connectivity index (χ4n) is 2.46. The molecular weight excluding hydrogens is 224 g/mol. The summed E-state index contributed by atoms with van der Waals surface area (Å²) in [4.78, 5) is 12.2. The molecule has 3 nitrogen and oxygen atoms in total. The van der Waals surface area contributed by atoms with Crippen molar-refractivity contribution in [2.75, 3.05) is 6.54 Å². The van der Waals surface area contributed by atoms with Crippen LogP contribution in [0, 0.1) is 13.8 Å². The van der Waals surface area contributed by atoms with Gasteiger partial charge in [0.2, 0.25) is 0 Å². The lowest BCUT2D eigenvalue weighted by Crippen LogP contribution is -2.31. The Kier molecular flexibility index (Phi) is 3.91. The third-order valence-corrected chi connectivity index (χ3v) is 3.92. The molecule has 100 valence electrons. The van der Waals surface area contributed by atoms with Gasteiger partial charge >= 0.3 is 0 Å². The number of ketones is 1. The minimum absolute atomic E-state index is 0.218. The second kappa shape index (κ2) is 5.27. The summed E-state index contributed by atoms with van der Waals surface area (Å²) in [5, 5.41) is 3.27. The SMILES string of the molecule is CCC(C)NCC(=O)c1cc(C)n(C2CC2)c1C. The van der Waals surface area contributed by atoms with E-state index in [-0.39, 0.29) is 5.78 Å². The molecule has 0 bridgehead atoms. The van der Waals surface area contributed by atoms with Crippen molar-refractivity contribution in [3.05, 3.63) is 23.0 Å². The lowest BCUT2D eigenvalue weighted by atomic mass is 10.1. The molecule has 1 aromatic heterocycles. The molecule has 0 saturated heterocycles. The van der Waals surface area contributed by atoms with Gasteiger partial charge in [-0.25, -0.2) is 0 Å². The normalized spacial score (nSPS) is 16.9. The van der Waals surface area contributed by atoms with E-state index in [0.717, 1.165) is 17.7 Å². The first-order valence-electron chi connectivity index (χ1n) is 6.99. The van der Waals surface area contributed by atoms with Gasteiger partial charge < -0.3 is 9.88 Å². The van der Waals surface area contributed by atoms with Crippen LogP contribution in [-0.2, 0) is 0 Å². The van der Waals surface area contributed by atoms with Crippen LogP contribution in [0.5, 0.6) is 0 Å². The lowest BCUT2D eigenvalue weighted by Gasteiger charge is -2.11. The first-order chi connectivity index (χ1) is 8.54. The Balaban J connectivity index is 2.08. The summed E-state index contributed by atoms with van der Waals surface area (Å²) in [5.74, 6) is 0.218. The van der Waals surface area contributed by atoms with Crippen molar-refractivity contribution in [2.45, 2.75) is 59.0 Å². The van der Waals surface area contributed by atoms with Crippen molar-refractivity contribution in [2.24, 2.45) is 0 Å². The molecule has 1 aliphatic carbocycles. The summed E-state index contributed by atoms with van der Waals surface area (Å²) < 4.78 is 2.33. The van der Waals surface area contributed by atoms with E-state index in [4.69, 9.17) is 0 Å². The fourth-order valence-corrected chi connectivity index (χ4v) is 2.46. The molecule has 1 aromatic rings. The Morgan fingerprint density at radius 1 is 1.50 bits per heavy atom. The van der Waals surface area contributed by atoms with Crippen LogP contribution < -0.4 is 5.32 Å². The maximum Gasteiger partial charge on any atom is 0.178 e. The lowest BCUT2D eigenvalue weighted by molar-refractivity contribution is 0.0987. The molecule has 0 radical (unpaired) electrons. The zero-order valence-electron chi connectivity index (χ0n) is 11.9. The molecular formula is C15H24N2O. The fraction of sp³-hybridized carbons (Fsp3) is 0.667. The number of nitrogens with one attached hydrogen (secondary N) is 1. The van der Waals surface area contributed by atoms with Crippen molar-refractivity contribution in [1.82, 2.24) is 9.88 Å². The highest BCUT2D eigenvalue weighted by atomic mass is 16.1. The molecule has 1 unspecified atom stereocenters. The molecule has 2 rings (SSSR count). The monoisotopic (exact) mass is 248 g/mol. The van der Waals surface area contributed by atoms with Crippen LogP contribution in [0.1, 0.15) is 60.9 Å². The van der Waals surface area contributed by atoms with Crippen molar-refractivity contribution >= 4 is 5.78 Å². The van der Waals surface area contributed by atoms with Crippen LogP contribution in [-0.4, -0.2) is 22.9 Å². The smallest absolute Gasteiger partial charge is 0.178 e. The standard InChI is InChI=1S/C15H24N2O/c1-5-10(2)16-9-15(18)14-8-11(3)17(12(14)4)13-6-7-13/h8,10,13,16H,5-7,9H2,1-4H3. The quantitative estimate of drug-likeness (QED) is 0.785. The average Bonchev–Trinajstić information content (AvgIpc) is 3.12. The summed E-state index contributed by atoms with van der Waals surface area (Å²) >= 11 is 0. The highest BCUT2D eigenvalue weighted by Crippen LogP contribution is 2.38. The molecule has 1 N–H and O–H groups in total. The van der Waals surface area contributed by atoms with E-state index >= 15 is 0 Å². The van der Waals surface area contributed by atoms with Gasteiger partial charge in [0.15, 0.2) is 5.78 Å². The van der Waals surface area contributed by atoms with Gasteiger partial charge in [-0.1, -0.05) is 6.92 Å². The Hall–Kier alpha value is -1.09. The number of nitrogens with zero attached hydrogens (tertiary/aromatic N) is 1. The van der Waals surface area contributed by atoms with Gasteiger partial charge in [-0.3, -0.25) is 4.79 Å². The van der Waals surface area contributed by atoms with Crippen LogP contribution in [0.2, 0.25) is 0 Å². The molecule has 1 heterocycles.